The van der Waals surface area contributed by atoms with Crippen LogP contribution in [0.2, 0.25) is 0 Å². The van der Waals surface area contributed by atoms with E-state index in [1.807, 2.05) is 36.4 Å². The molecule has 0 fully saturated rings. The normalized spacial score (nSPS) is 13.0. The van der Waals surface area contributed by atoms with Gasteiger partial charge in [0.2, 0.25) is 0 Å². The third-order valence-corrected chi connectivity index (χ3v) is 2.73. The molecule has 0 saturated carbocycles. The molecule has 2 rings (SSSR count). The van der Waals surface area contributed by atoms with Gasteiger partial charge in [0.25, 0.3) is 0 Å². The molecule has 0 bridgehead atoms. The van der Waals surface area contributed by atoms with E-state index in [1.54, 1.807) is 4.68 Å². The summed E-state index contributed by atoms with van der Waals surface area (Å²) in [4.78, 5) is 0. The van der Waals surface area contributed by atoms with Gasteiger partial charge in [0.05, 0.1) is 12.2 Å². The third kappa shape index (κ3) is 2.67. The molecule has 0 aliphatic rings. The first kappa shape index (κ1) is 11.7. The molecule has 92 valence electrons. The molecular formula is C12H19N5. The molecule has 0 amide bonds. The van der Waals surface area contributed by atoms with Crippen LogP contribution < -0.4 is 5.32 Å². The van der Waals surface area contributed by atoms with E-state index >= 15 is 0 Å². The minimum atomic E-state index is 0.208. The SMILES string of the molecule is CC(Nc1ccn(C(C)C)n1)c1cnn(C)c1. The Kier molecular flexibility index (Phi) is 3.17. The van der Waals surface area contributed by atoms with Crippen molar-refractivity contribution < 1.29 is 0 Å². The van der Waals surface area contributed by atoms with Gasteiger partial charge in [-0.05, 0) is 20.8 Å². The summed E-state index contributed by atoms with van der Waals surface area (Å²) in [5.74, 6) is 0.898. The Morgan fingerprint density at radius 3 is 2.59 bits per heavy atom. The summed E-state index contributed by atoms with van der Waals surface area (Å²) in [5.41, 5.74) is 1.16. The maximum Gasteiger partial charge on any atom is 0.148 e. The van der Waals surface area contributed by atoms with Crippen LogP contribution in [0, 0.1) is 0 Å². The highest BCUT2D eigenvalue weighted by atomic mass is 15.3. The molecule has 0 saturated heterocycles. The van der Waals surface area contributed by atoms with Gasteiger partial charge in [-0.2, -0.15) is 10.2 Å². The number of rotatable bonds is 4. The van der Waals surface area contributed by atoms with Crippen molar-refractivity contribution in [1.82, 2.24) is 19.6 Å². The van der Waals surface area contributed by atoms with Crippen LogP contribution in [0.15, 0.2) is 24.7 Å². The molecule has 0 aromatic carbocycles. The van der Waals surface area contributed by atoms with Crippen LogP contribution in [0.25, 0.3) is 0 Å². The maximum atomic E-state index is 4.46. The standard InChI is InChI=1S/C12H19N5/c1-9(2)17-6-5-12(15-17)14-10(3)11-7-13-16(4)8-11/h5-10H,1-4H3,(H,14,15). The molecule has 0 aliphatic heterocycles. The second kappa shape index (κ2) is 4.61. The van der Waals surface area contributed by atoms with Gasteiger partial charge in [-0.1, -0.05) is 0 Å². The highest BCUT2D eigenvalue weighted by molar-refractivity contribution is 5.35. The van der Waals surface area contributed by atoms with E-state index in [1.165, 1.54) is 0 Å². The summed E-state index contributed by atoms with van der Waals surface area (Å²) in [6, 6.07) is 2.59. The summed E-state index contributed by atoms with van der Waals surface area (Å²) in [7, 11) is 1.92. The number of nitrogens with zero attached hydrogens (tertiary/aromatic N) is 4. The van der Waals surface area contributed by atoms with Crippen molar-refractivity contribution in [3.05, 3.63) is 30.2 Å². The highest BCUT2D eigenvalue weighted by Crippen LogP contribution is 2.17. The maximum absolute atomic E-state index is 4.46. The van der Waals surface area contributed by atoms with Crippen molar-refractivity contribution in [2.45, 2.75) is 32.9 Å². The van der Waals surface area contributed by atoms with Crippen LogP contribution in [0.4, 0.5) is 5.82 Å². The van der Waals surface area contributed by atoms with Gasteiger partial charge in [-0.3, -0.25) is 9.36 Å². The molecule has 5 heteroatoms. The first-order chi connectivity index (χ1) is 8.06. The second-order valence-electron chi connectivity index (χ2n) is 4.59. The van der Waals surface area contributed by atoms with Crippen LogP contribution in [-0.4, -0.2) is 19.6 Å². The molecule has 0 aliphatic carbocycles. The van der Waals surface area contributed by atoms with Gasteiger partial charge in [-0.25, -0.2) is 0 Å². The monoisotopic (exact) mass is 233 g/mol. The molecule has 1 atom stereocenters. The lowest BCUT2D eigenvalue weighted by atomic mass is 10.2. The largest absolute Gasteiger partial charge is 0.362 e. The number of aryl methyl sites for hydroxylation is 1. The number of nitrogens with one attached hydrogen (secondary N) is 1. The van der Waals surface area contributed by atoms with E-state index < -0.39 is 0 Å². The molecule has 0 radical (unpaired) electrons. The van der Waals surface area contributed by atoms with Gasteiger partial charge in [0.1, 0.15) is 5.82 Å². The van der Waals surface area contributed by atoms with E-state index in [2.05, 4.69) is 36.3 Å². The van der Waals surface area contributed by atoms with Gasteiger partial charge < -0.3 is 5.32 Å². The minimum Gasteiger partial charge on any atom is -0.362 e. The lowest BCUT2D eigenvalue weighted by Gasteiger charge is -2.11. The first-order valence-corrected chi connectivity index (χ1v) is 5.86. The van der Waals surface area contributed by atoms with Crippen LogP contribution in [-0.2, 0) is 7.05 Å². The van der Waals surface area contributed by atoms with Crippen molar-refractivity contribution in [3.8, 4) is 0 Å². The number of aromatic nitrogens is 4. The number of anilines is 1. The fraction of sp³-hybridized carbons (Fsp3) is 0.500. The Morgan fingerprint density at radius 1 is 1.29 bits per heavy atom. The average molecular weight is 233 g/mol. The van der Waals surface area contributed by atoms with Gasteiger partial charge in [0, 0.05) is 37.1 Å². The molecule has 2 aromatic heterocycles. The summed E-state index contributed by atoms with van der Waals surface area (Å²) in [5, 5.41) is 12.0. The lowest BCUT2D eigenvalue weighted by molar-refractivity contribution is 0.533. The Bertz CT molecular complexity index is 483. The van der Waals surface area contributed by atoms with Crippen molar-refractivity contribution in [3.63, 3.8) is 0 Å². The zero-order chi connectivity index (χ0) is 12.4. The molecule has 5 nitrogen and oxygen atoms in total. The quantitative estimate of drug-likeness (QED) is 0.882. The summed E-state index contributed by atoms with van der Waals surface area (Å²) >= 11 is 0. The van der Waals surface area contributed by atoms with E-state index in [0.29, 0.717) is 6.04 Å². The number of hydrogen-bond donors (Lipinski definition) is 1. The number of hydrogen-bond acceptors (Lipinski definition) is 3. The van der Waals surface area contributed by atoms with Crippen molar-refractivity contribution >= 4 is 5.82 Å². The molecular weight excluding hydrogens is 214 g/mol. The molecule has 0 spiro atoms. The van der Waals surface area contributed by atoms with Gasteiger partial charge in [0.15, 0.2) is 0 Å². The minimum absolute atomic E-state index is 0.208. The first-order valence-electron chi connectivity index (χ1n) is 5.86. The van der Waals surface area contributed by atoms with Crippen LogP contribution in [0.3, 0.4) is 0 Å². The van der Waals surface area contributed by atoms with E-state index in [9.17, 15) is 0 Å². The predicted molar refractivity (Wildman–Crippen MR) is 67.9 cm³/mol. The smallest absolute Gasteiger partial charge is 0.148 e. The average Bonchev–Trinajstić information content (AvgIpc) is 2.86. The summed E-state index contributed by atoms with van der Waals surface area (Å²) < 4.78 is 3.75. The summed E-state index contributed by atoms with van der Waals surface area (Å²) in [6.07, 6.45) is 5.87. The molecule has 1 unspecified atom stereocenters. The molecule has 2 heterocycles. The Morgan fingerprint density at radius 2 is 2.06 bits per heavy atom. The topological polar surface area (TPSA) is 47.7 Å². The van der Waals surface area contributed by atoms with E-state index in [4.69, 9.17) is 0 Å². The fourth-order valence-electron chi connectivity index (χ4n) is 1.67. The Labute approximate surface area is 101 Å². The van der Waals surface area contributed by atoms with Crippen LogP contribution in [0.5, 0.6) is 0 Å². The molecule has 17 heavy (non-hydrogen) atoms. The second-order valence-corrected chi connectivity index (χ2v) is 4.59. The third-order valence-electron chi connectivity index (χ3n) is 2.73. The van der Waals surface area contributed by atoms with Gasteiger partial charge in [-0.15, -0.1) is 0 Å². The van der Waals surface area contributed by atoms with E-state index in [-0.39, 0.29) is 6.04 Å². The van der Waals surface area contributed by atoms with Crippen molar-refractivity contribution in [2.24, 2.45) is 7.05 Å². The van der Waals surface area contributed by atoms with Gasteiger partial charge >= 0.3 is 0 Å². The van der Waals surface area contributed by atoms with Crippen LogP contribution in [0.1, 0.15) is 38.4 Å². The Hall–Kier alpha value is -1.78. The Balaban J connectivity index is 2.05. The highest BCUT2D eigenvalue weighted by Gasteiger charge is 2.09. The van der Waals surface area contributed by atoms with Crippen molar-refractivity contribution in [1.29, 1.82) is 0 Å². The van der Waals surface area contributed by atoms with E-state index in [0.717, 1.165) is 11.4 Å². The molecule has 2 aromatic rings. The summed E-state index contributed by atoms with van der Waals surface area (Å²) in [6.45, 7) is 6.33. The lowest BCUT2D eigenvalue weighted by Crippen LogP contribution is -2.08. The predicted octanol–water partition coefficient (Wildman–Crippen LogP) is 2.37. The van der Waals surface area contributed by atoms with Crippen molar-refractivity contribution in [2.75, 3.05) is 5.32 Å². The molecule has 1 N–H and O–H groups in total. The van der Waals surface area contributed by atoms with Crippen LogP contribution >= 0.6 is 0 Å². The zero-order valence-corrected chi connectivity index (χ0v) is 10.8. The zero-order valence-electron chi connectivity index (χ0n) is 10.8. The fourth-order valence-corrected chi connectivity index (χ4v) is 1.67.